The van der Waals surface area contributed by atoms with E-state index >= 15 is 0 Å². The monoisotopic (exact) mass is 294 g/mol. The molecule has 0 heterocycles. The largest absolute Gasteiger partial charge is 0.335 e. The lowest BCUT2D eigenvalue weighted by molar-refractivity contribution is -0.136. The molecule has 3 nitrogen and oxygen atoms in total. The highest BCUT2D eigenvalue weighted by Crippen LogP contribution is 2.30. The molecule has 1 aromatic carbocycles. The Morgan fingerprint density at radius 1 is 1.40 bits per heavy atom. The van der Waals surface area contributed by atoms with Crippen molar-refractivity contribution < 1.29 is 4.79 Å². The Hall–Kier alpha value is -1.06. The fourth-order valence-corrected chi connectivity index (χ4v) is 2.61. The minimum Gasteiger partial charge on any atom is -0.335 e. The van der Waals surface area contributed by atoms with E-state index in [0.29, 0.717) is 19.1 Å². The van der Waals surface area contributed by atoms with E-state index in [2.05, 4.69) is 6.92 Å². The van der Waals surface area contributed by atoms with Gasteiger partial charge >= 0.3 is 0 Å². The van der Waals surface area contributed by atoms with Gasteiger partial charge in [0.05, 0.1) is 5.92 Å². The molecule has 1 aliphatic rings. The summed E-state index contributed by atoms with van der Waals surface area (Å²) in [4.78, 5) is 14.6. The average Bonchev–Trinajstić information content (AvgIpc) is 3.28. The minimum atomic E-state index is -0.0344. The van der Waals surface area contributed by atoms with Gasteiger partial charge in [0.2, 0.25) is 5.91 Å². The third kappa shape index (κ3) is 3.97. The van der Waals surface area contributed by atoms with Crippen LogP contribution in [0.2, 0.25) is 5.02 Å². The molecular weight excluding hydrogens is 272 g/mol. The normalized spacial score (nSPS) is 15.9. The standard InChI is InChI=1S/C16H23ClN2O/c1-2-3-13(10-18)16(20)19(15-8-9-15)11-12-4-6-14(17)7-5-12/h4-7,13,15H,2-3,8-11,18H2,1H3. The highest BCUT2D eigenvalue weighted by Gasteiger charge is 2.35. The van der Waals surface area contributed by atoms with Crippen LogP contribution in [0.5, 0.6) is 0 Å². The second kappa shape index (κ2) is 7.09. The van der Waals surface area contributed by atoms with Crippen LogP contribution in [0.15, 0.2) is 24.3 Å². The third-order valence-corrected chi connectivity index (χ3v) is 4.06. The summed E-state index contributed by atoms with van der Waals surface area (Å²) in [6, 6.07) is 8.13. The Morgan fingerprint density at radius 2 is 2.05 bits per heavy atom. The summed E-state index contributed by atoms with van der Waals surface area (Å²) in [5.41, 5.74) is 6.89. The predicted octanol–water partition coefficient (Wildman–Crippen LogP) is 3.21. The van der Waals surface area contributed by atoms with Crippen molar-refractivity contribution in [1.82, 2.24) is 4.90 Å². The Kier molecular flexibility index (Phi) is 5.44. The van der Waals surface area contributed by atoms with Gasteiger partial charge in [-0.3, -0.25) is 4.79 Å². The smallest absolute Gasteiger partial charge is 0.227 e. The number of rotatable bonds is 7. The zero-order valence-electron chi connectivity index (χ0n) is 12.0. The van der Waals surface area contributed by atoms with E-state index in [9.17, 15) is 4.79 Å². The number of nitrogens with two attached hydrogens (primary N) is 1. The van der Waals surface area contributed by atoms with E-state index in [4.69, 9.17) is 17.3 Å². The van der Waals surface area contributed by atoms with Crippen molar-refractivity contribution in [2.45, 2.75) is 45.2 Å². The Bertz CT molecular complexity index is 442. The van der Waals surface area contributed by atoms with Gasteiger partial charge in [0.25, 0.3) is 0 Å². The highest BCUT2D eigenvalue weighted by molar-refractivity contribution is 6.30. The molecule has 2 rings (SSSR count). The molecule has 0 radical (unpaired) electrons. The topological polar surface area (TPSA) is 46.3 Å². The molecule has 0 saturated heterocycles. The second-order valence-corrected chi connectivity index (χ2v) is 5.98. The van der Waals surface area contributed by atoms with Gasteiger partial charge in [-0.05, 0) is 37.0 Å². The molecule has 0 aliphatic heterocycles. The van der Waals surface area contributed by atoms with E-state index in [1.807, 2.05) is 29.2 Å². The first-order chi connectivity index (χ1) is 9.65. The Balaban J connectivity index is 2.06. The maximum atomic E-state index is 12.6. The fourth-order valence-electron chi connectivity index (χ4n) is 2.48. The van der Waals surface area contributed by atoms with Crippen LogP contribution in [0, 0.1) is 5.92 Å². The van der Waals surface area contributed by atoms with E-state index in [-0.39, 0.29) is 11.8 Å². The summed E-state index contributed by atoms with van der Waals surface area (Å²) in [5, 5.41) is 0.726. The van der Waals surface area contributed by atoms with Crippen LogP contribution in [-0.2, 0) is 11.3 Å². The molecule has 20 heavy (non-hydrogen) atoms. The number of hydrogen-bond acceptors (Lipinski definition) is 2. The lowest BCUT2D eigenvalue weighted by Crippen LogP contribution is -2.40. The zero-order valence-corrected chi connectivity index (χ0v) is 12.8. The number of carbonyl (C=O) groups excluding carboxylic acids is 1. The summed E-state index contributed by atoms with van der Waals surface area (Å²) in [6.07, 6.45) is 4.09. The molecular formula is C16H23ClN2O. The lowest BCUT2D eigenvalue weighted by Gasteiger charge is -2.27. The first-order valence-electron chi connectivity index (χ1n) is 7.40. The summed E-state index contributed by atoms with van der Waals surface area (Å²) >= 11 is 5.90. The molecule has 4 heteroatoms. The van der Waals surface area contributed by atoms with Gasteiger partial charge < -0.3 is 10.6 Å². The van der Waals surface area contributed by atoms with Crippen molar-refractivity contribution in [2.24, 2.45) is 11.7 Å². The summed E-state index contributed by atoms with van der Waals surface area (Å²) < 4.78 is 0. The van der Waals surface area contributed by atoms with Gasteiger partial charge in [0.15, 0.2) is 0 Å². The minimum absolute atomic E-state index is 0.0344. The third-order valence-electron chi connectivity index (χ3n) is 3.81. The van der Waals surface area contributed by atoms with Crippen molar-refractivity contribution >= 4 is 17.5 Å². The number of amides is 1. The van der Waals surface area contributed by atoms with Crippen molar-refractivity contribution in [3.8, 4) is 0 Å². The maximum Gasteiger partial charge on any atom is 0.227 e. The van der Waals surface area contributed by atoms with Crippen LogP contribution in [0.1, 0.15) is 38.2 Å². The molecule has 0 aromatic heterocycles. The quantitative estimate of drug-likeness (QED) is 0.839. The first-order valence-corrected chi connectivity index (χ1v) is 7.78. The van der Waals surface area contributed by atoms with Crippen LogP contribution in [0.25, 0.3) is 0 Å². The van der Waals surface area contributed by atoms with E-state index < -0.39 is 0 Å². The Morgan fingerprint density at radius 3 is 2.55 bits per heavy atom. The van der Waals surface area contributed by atoms with Crippen molar-refractivity contribution in [3.63, 3.8) is 0 Å². The lowest BCUT2D eigenvalue weighted by atomic mass is 10.0. The van der Waals surface area contributed by atoms with Gasteiger partial charge in [-0.2, -0.15) is 0 Å². The fraction of sp³-hybridized carbons (Fsp3) is 0.562. The van der Waals surface area contributed by atoms with Crippen LogP contribution < -0.4 is 5.73 Å². The number of carbonyl (C=O) groups is 1. The van der Waals surface area contributed by atoms with E-state index in [0.717, 1.165) is 36.3 Å². The summed E-state index contributed by atoms with van der Waals surface area (Å²) in [6.45, 7) is 3.20. The van der Waals surface area contributed by atoms with Crippen LogP contribution in [0.4, 0.5) is 0 Å². The molecule has 1 atom stereocenters. The van der Waals surface area contributed by atoms with Crippen LogP contribution >= 0.6 is 11.6 Å². The zero-order chi connectivity index (χ0) is 14.5. The molecule has 1 amide bonds. The molecule has 1 aliphatic carbocycles. The molecule has 110 valence electrons. The number of nitrogens with zero attached hydrogens (tertiary/aromatic N) is 1. The van der Waals surface area contributed by atoms with Crippen LogP contribution in [-0.4, -0.2) is 23.4 Å². The summed E-state index contributed by atoms with van der Waals surface area (Å²) in [7, 11) is 0. The van der Waals surface area contributed by atoms with Gasteiger partial charge in [-0.25, -0.2) is 0 Å². The predicted molar refractivity (Wildman–Crippen MR) is 82.5 cm³/mol. The molecule has 2 N–H and O–H groups in total. The number of hydrogen-bond donors (Lipinski definition) is 1. The summed E-state index contributed by atoms with van der Waals surface area (Å²) in [5.74, 6) is 0.180. The molecule has 1 fully saturated rings. The molecule has 0 spiro atoms. The first kappa shape index (κ1) is 15.3. The SMILES string of the molecule is CCCC(CN)C(=O)N(Cc1ccc(Cl)cc1)C1CC1. The molecule has 1 aromatic rings. The number of halogens is 1. The van der Waals surface area contributed by atoms with Crippen LogP contribution in [0.3, 0.4) is 0 Å². The van der Waals surface area contributed by atoms with Gasteiger partial charge in [0, 0.05) is 24.2 Å². The second-order valence-electron chi connectivity index (χ2n) is 5.55. The van der Waals surface area contributed by atoms with Crippen molar-refractivity contribution in [1.29, 1.82) is 0 Å². The van der Waals surface area contributed by atoms with Gasteiger partial charge in [-0.15, -0.1) is 0 Å². The van der Waals surface area contributed by atoms with E-state index in [1.54, 1.807) is 0 Å². The Labute approximate surface area is 126 Å². The average molecular weight is 295 g/mol. The maximum absolute atomic E-state index is 12.6. The number of benzene rings is 1. The van der Waals surface area contributed by atoms with Crippen molar-refractivity contribution in [3.05, 3.63) is 34.9 Å². The molecule has 1 unspecified atom stereocenters. The molecule has 0 bridgehead atoms. The van der Waals surface area contributed by atoms with Gasteiger partial charge in [-0.1, -0.05) is 37.1 Å². The van der Waals surface area contributed by atoms with E-state index in [1.165, 1.54) is 0 Å². The van der Waals surface area contributed by atoms with Gasteiger partial charge in [0.1, 0.15) is 0 Å². The highest BCUT2D eigenvalue weighted by atomic mass is 35.5. The van der Waals surface area contributed by atoms with Crippen molar-refractivity contribution in [2.75, 3.05) is 6.54 Å². The molecule has 1 saturated carbocycles.